The van der Waals surface area contributed by atoms with Crippen molar-refractivity contribution in [1.82, 2.24) is 10.2 Å². The fourth-order valence-corrected chi connectivity index (χ4v) is 6.95. The summed E-state index contributed by atoms with van der Waals surface area (Å²) in [5, 5.41) is 3.31. The summed E-state index contributed by atoms with van der Waals surface area (Å²) in [4.78, 5) is 29.3. The Bertz CT molecular complexity index is 1500. The highest BCUT2D eigenvalue weighted by atomic mass is 35.5. The monoisotopic (exact) mass is 627 g/mol. The number of methoxy groups -OCH3 is 2. The Hall–Kier alpha value is -3.76. The molecule has 0 bridgehead atoms. The molecule has 9 nitrogen and oxygen atoms in total. The molecule has 1 aliphatic rings. The molecule has 2 amide bonds. The van der Waals surface area contributed by atoms with E-state index in [0.29, 0.717) is 17.9 Å². The van der Waals surface area contributed by atoms with Crippen LogP contribution in [0.15, 0.2) is 77.7 Å². The number of amides is 2. The molecule has 1 N–H and O–H groups in total. The maximum absolute atomic E-state index is 14.2. The summed E-state index contributed by atoms with van der Waals surface area (Å²) in [7, 11) is -1.18. The fraction of sp³-hybridized carbons (Fsp3) is 0.375. The number of rotatable bonds is 13. The summed E-state index contributed by atoms with van der Waals surface area (Å²) in [5.41, 5.74) is 0.960. The number of nitrogens with zero attached hydrogens (tertiary/aromatic N) is 2. The Labute approximate surface area is 258 Å². The van der Waals surface area contributed by atoms with Crippen molar-refractivity contribution in [1.29, 1.82) is 0 Å². The highest BCUT2D eigenvalue weighted by molar-refractivity contribution is 7.92. The van der Waals surface area contributed by atoms with Crippen molar-refractivity contribution in [3.05, 3.63) is 83.4 Å². The maximum Gasteiger partial charge on any atom is 0.264 e. The molecule has 0 spiro atoms. The first-order valence-electron chi connectivity index (χ1n) is 14.3. The van der Waals surface area contributed by atoms with Crippen molar-refractivity contribution in [3.63, 3.8) is 0 Å². The van der Waals surface area contributed by atoms with E-state index in [1.54, 1.807) is 43.5 Å². The van der Waals surface area contributed by atoms with Gasteiger partial charge in [0.15, 0.2) is 0 Å². The lowest BCUT2D eigenvalue weighted by atomic mass is 10.1. The van der Waals surface area contributed by atoms with Gasteiger partial charge in [0.1, 0.15) is 24.1 Å². The summed E-state index contributed by atoms with van der Waals surface area (Å²) in [6.07, 6.45) is 4.24. The number of carbonyl (C=O) groups excluding carboxylic acids is 2. The average Bonchev–Trinajstić information content (AvgIpc) is 3.53. The number of carbonyl (C=O) groups is 2. The Balaban J connectivity index is 1.72. The van der Waals surface area contributed by atoms with E-state index in [-0.39, 0.29) is 34.1 Å². The van der Waals surface area contributed by atoms with Crippen LogP contribution < -0.4 is 19.1 Å². The van der Waals surface area contributed by atoms with Gasteiger partial charge in [-0.3, -0.25) is 13.9 Å². The zero-order valence-corrected chi connectivity index (χ0v) is 26.2. The van der Waals surface area contributed by atoms with Crippen LogP contribution in [0.1, 0.15) is 44.6 Å². The lowest BCUT2D eigenvalue weighted by Crippen LogP contribution is -2.53. The van der Waals surface area contributed by atoms with E-state index in [1.807, 2.05) is 19.1 Å². The van der Waals surface area contributed by atoms with E-state index < -0.39 is 28.5 Å². The van der Waals surface area contributed by atoms with Gasteiger partial charge in [0.2, 0.25) is 11.8 Å². The molecule has 1 saturated carbocycles. The lowest BCUT2D eigenvalue weighted by molar-refractivity contribution is -0.140. The van der Waals surface area contributed by atoms with Crippen LogP contribution in [0.3, 0.4) is 0 Å². The number of hydrogen-bond donors (Lipinski definition) is 1. The Kier molecular flexibility index (Phi) is 10.9. The average molecular weight is 628 g/mol. The van der Waals surface area contributed by atoms with Crippen LogP contribution in [0, 0.1) is 0 Å². The van der Waals surface area contributed by atoms with Crippen LogP contribution in [-0.4, -0.2) is 58.0 Å². The van der Waals surface area contributed by atoms with Crippen LogP contribution in [0.5, 0.6) is 11.5 Å². The van der Waals surface area contributed by atoms with Gasteiger partial charge in [-0.05, 0) is 67.3 Å². The van der Waals surface area contributed by atoms with Crippen LogP contribution in [0.2, 0.25) is 5.02 Å². The molecule has 1 unspecified atom stereocenters. The number of nitrogens with one attached hydrogen (secondary N) is 1. The fourth-order valence-electron chi connectivity index (χ4n) is 5.27. The normalized spacial score (nSPS) is 14.1. The lowest BCUT2D eigenvalue weighted by Gasteiger charge is -2.34. The van der Waals surface area contributed by atoms with Gasteiger partial charge >= 0.3 is 0 Å². The van der Waals surface area contributed by atoms with Crippen molar-refractivity contribution in [3.8, 4) is 11.5 Å². The van der Waals surface area contributed by atoms with E-state index >= 15 is 0 Å². The number of hydrogen-bond acceptors (Lipinski definition) is 6. The minimum absolute atomic E-state index is 0.0162. The highest BCUT2D eigenvalue weighted by Crippen LogP contribution is 2.32. The third-order valence-electron chi connectivity index (χ3n) is 7.63. The third-order valence-corrected chi connectivity index (χ3v) is 9.72. The second-order valence-electron chi connectivity index (χ2n) is 10.4. The second kappa shape index (κ2) is 14.6. The van der Waals surface area contributed by atoms with E-state index in [2.05, 4.69) is 5.32 Å². The van der Waals surface area contributed by atoms with E-state index in [0.717, 1.165) is 35.6 Å². The van der Waals surface area contributed by atoms with Crippen molar-refractivity contribution in [2.75, 3.05) is 25.1 Å². The van der Waals surface area contributed by atoms with Gasteiger partial charge in [-0.2, -0.15) is 0 Å². The van der Waals surface area contributed by atoms with Crippen molar-refractivity contribution < 1.29 is 27.5 Å². The number of sulfonamides is 1. The molecule has 43 heavy (non-hydrogen) atoms. The predicted octanol–water partition coefficient (Wildman–Crippen LogP) is 5.42. The van der Waals surface area contributed by atoms with E-state index in [9.17, 15) is 18.0 Å². The van der Waals surface area contributed by atoms with Gasteiger partial charge in [-0.25, -0.2) is 8.42 Å². The van der Waals surface area contributed by atoms with E-state index in [4.69, 9.17) is 21.1 Å². The Morgan fingerprint density at radius 3 is 2.23 bits per heavy atom. The summed E-state index contributed by atoms with van der Waals surface area (Å²) >= 11 is 6.39. The summed E-state index contributed by atoms with van der Waals surface area (Å²) in [5.74, 6) is 0.241. The molecule has 1 atom stereocenters. The number of anilines is 1. The zero-order valence-electron chi connectivity index (χ0n) is 24.7. The molecule has 11 heteroatoms. The van der Waals surface area contributed by atoms with Crippen molar-refractivity contribution in [2.45, 2.75) is 62.6 Å². The number of ether oxygens (including phenoxy) is 2. The molecule has 3 aromatic carbocycles. The molecule has 0 saturated heterocycles. The molecule has 0 radical (unpaired) electrons. The number of benzene rings is 3. The molecule has 0 aliphatic heterocycles. The molecule has 0 aromatic heterocycles. The minimum atomic E-state index is -4.20. The van der Waals surface area contributed by atoms with E-state index in [1.165, 1.54) is 36.3 Å². The molecule has 1 fully saturated rings. The Morgan fingerprint density at radius 2 is 1.65 bits per heavy atom. The van der Waals surface area contributed by atoms with Crippen LogP contribution >= 0.6 is 11.6 Å². The SMILES string of the molecule is CCC(C(=O)NC1CCCC1)N(Cc1ccc(OC)cc1)C(=O)CN(c1ccc(OC)c(Cl)c1)S(=O)(=O)c1ccccc1. The summed E-state index contributed by atoms with van der Waals surface area (Å²) < 4.78 is 39.5. The van der Waals surface area contributed by atoms with Gasteiger partial charge in [0.05, 0.1) is 29.8 Å². The van der Waals surface area contributed by atoms with Crippen LogP contribution in [0.4, 0.5) is 5.69 Å². The first kappa shape index (κ1) is 32.2. The second-order valence-corrected chi connectivity index (χ2v) is 12.7. The Morgan fingerprint density at radius 1 is 0.977 bits per heavy atom. The topological polar surface area (TPSA) is 105 Å². The molecular formula is C32H38ClN3O6S. The largest absolute Gasteiger partial charge is 0.497 e. The van der Waals surface area contributed by atoms with Gasteiger partial charge in [-0.1, -0.05) is 61.7 Å². The summed E-state index contributed by atoms with van der Waals surface area (Å²) in [6, 6.07) is 18.9. The van der Waals surface area contributed by atoms with Gasteiger partial charge < -0.3 is 19.7 Å². The molecule has 1 aliphatic carbocycles. The standard InChI is InChI=1S/C32H38ClN3O6S/c1-4-29(32(38)34-24-10-8-9-11-24)35(21-23-14-17-26(41-2)18-15-23)31(37)22-36(25-16-19-30(42-3)28(33)20-25)43(39,40)27-12-6-5-7-13-27/h5-7,12-20,24,29H,4,8-11,21-22H2,1-3H3,(H,34,38). The van der Waals surface area contributed by atoms with Gasteiger partial charge in [0.25, 0.3) is 10.0 Å². The van der Waals surface area contributed by atoms with Crippen molar-refractivity contribution >= 4 is 39.1 Å². The van der Waals surface area contributed by atoms with Gasteiger partial charge in [-0.15, -0.1) is 0 Å². The van der Waals surface area contributed by atoms with Gasteiger partial charge in [0, 0.05) is 12.6 Å². The van der Waals surface area contributed by atoms with Crippen LogP contribution in [-0.2, 0) is 26.2 Å². The molecule has 230 valence electrons. The number of halogens is 1. The first-order chi connectivity index (χ1) is 20.7. The predicted molar refractivity (Wildman–Crippen MR) is 167 cm³/mol. The molecule has 4 rings (SSSR count). The smallest absolute Gasteiger partial charge is 0.264 e. The highest BCUT2D eigenvalue weighted by Gasteiger charge is 2.34. The maximum atomic E-state index is 14.2. The minimum Gasteiger partial charge on any atom is -0.497 e. The quantitative estimate of drug-likeness (QED) is 0.271. The first-order valence-corrected chi connectivity index (χ1v) is 16.1. The molecular weight excluding hydrogens is 590 g/mol. The van der Waals surface area contributed by atoms with Crippen LogP contribution in [0.25, 0.3) is 0 Å². The van der Waals surface area contributed by atoms with Crippen molar-refractivity contribution in [2.24, 2.45) is 0 Å². The molecule has 0 heterocycles. The summed E-state index contributed by atoms with van der Waals surface area (Å²) in [6.45, 7) is 1.39. The third kappa shape index (κ3) is 7.80. The molecule has 3 aromatic rings. The zero-order chi connectivity index (χ0) is 31.0.